The van der Waals surface area contributed by atoms with E-state index in [9.17, 15) is 4.79 Å². The number of nitrogens with zero attached hydrogens (tertiary/aromatic N) is 1. The minimum absolute atomic E-state index is 0.134. The smallest absolute Gasteiger partial charge is 0.240 e. The summed E-state index contributed by atoms with van der Waals surface area (Å²) >= 11 is 1.95. The van der Waals surface area contributed by atoms with Gasteiger partial charge in [0, 0.05) is 17.5 Å². The Morgan fingerprint density at radius 2 is 2.00 bits per heavy atom. The number of hydrogen-bond acceptors (Lipinski definition) is 2. The number of rotatable bonds is 4. The highest BCUT2D eigenvalue weighted by atomic mass is 32.2. The molecule has 120 valence electrons. The Morgan fingerprint density at radius 1 is 1.23 bits per heavy atom. The molecule has 1 fully saturated rings. The first kappa shape index (κ1) is 15.9. The molecule has 2 aliphatic rings. The maximum Gasteiger partial charge on any atom is 0.240 e. The Bertz CT molecular complexity index is 510. The molecule has 1 amide bonds. The Balaban J connectivity index is 1.71. The number of thioether (sulfide) groups is 1. The molecule has 1 aromatic rings. The third kappa shape index (κ3) is 3.51. The zero-order valence-electron chi connectivity index (χ0n) is 13.6. The number of benzene rings is 1. The summed E-state index contributed by atoms with van der Waals surface area (Å²) in [6, 6.07) is 8.43. The van der Waals surface area contributed by atoms with Crippen molar-refractivity contribution in [2.24, 2.45) is 0 Å². The van der Waals surface area contributed by atoms with Crippen LogP contribution in [0.5, 0.6) is 0 Å². The summed E-state index contributed by atoms with van der Waals surface area (Å²) in [5, 5.41) is 0.831. The Hall–Kier alpha value is -0.960. The SMILES string of the molecule is CCC(SC1CCCCC1)C(=O)N1CCCc2ccccc21. The van der Waals surface area contributed by atoms with Crippen molar-refractivity contribution in [3.05, 3.63) is 29.8 Å². The minimum Gasteiger partial charge on any atom is -0.311 e. The van der Waals surface area contributed by atoms with Crippen LogP contribution >= 0.6 is 11.8 Å². The molecule has 1 aliphatic heterocycles. The van der Waals surface area contributed by atoms with Crippen molar-refractivity contribution in [2.75, 3.05) is 11.4 Å². The van der Waals surface area contributed by atoms with E-state index in [1.54, 1.807) is 0 Å². The van der Waals surface area contributed by atoms with Crippen LogP contribution in [0.2, 0.25) is 0 Å². The predicted molar refractivity (Wildman–Crippen MR) is 95.7 cm³/mol. The molecule has 1 atom stereocenters. The molecule has 0 aromatic heterocycles. The molecule has 1 heterocycles. The van der Waals surface area contributed by atoms with Crippen LogP contribution in [-0.2, 0) is 11.2 Å². The highest BCUT2D eigenvalue weighted by Gasteiger charge is 2.30. The van der Waals surface area contributed by atoms with Gasteiger partial charge in [-0.05, 0) is 43.7 Å². The summed E-state index contributed by atoms with van der Waals surface area (Å²) in [7, 11) is 0. The van der Waals surface area contributed by atoms with Crippen molar-refractivity contribution in [1.82, 2.24) is 0 Å². The summed E-state index contributed by atoms with van der Waals surface area (Å²) in [4.78, 5) is 15.1. The molecule has 1 aromatic carbocycles. The molecule has 1 unspecified atom stereocenters. The van der Waals surface area contributed by atoms with E-state index in [4.69, 9.17) is 0 Å². The van der Waals surface area contributed by atoms with E-state index in [1.807, 2.05) is 11.8 Å². The summed E-state index contributed by atoms with van der Waals surface area (Å²) in [5.41, 5.74) is 2.49. The lowest BCUT2D eigenvalue weighted by Gasteiger charge is -2.33. The fourth-order valence-electron chi connectivity index (χ4n) is 3.70. The molecule has 3 rings (SSSR count). The van der Waals surface area contributed by atoms with Gasteiger partial charge in [0.1, 0.15) is 0 Å². The Morgan fingerprint density at radius 3 is 2.77 bits per heavy atom. The molecular weight excluding hydrogens is 290 g/mol. The molecule has 3 heteroatoms. The first-order valence-electron chi connectivity index (χ1n) is 8.84. The monoisotopic (exact) mass is 317 g/mol. The van der Waals surface area contributed by atoms with Crippen molar-refractivity contribution in [3.63, 3.8) is 0 Å². The standard InChI is InChI=1S/C19H27NOS/c1-2-18(22-16-11-4-3-5-12-16)19(21)20-14-8-10-15-9-6-7-13-17(15)20/h6-7,9,13,16,18H,2-5,8,10-12,14H2,1H3. The van der Waals surface area contributed by atoms with Crippen LogP contribution in [0.3, 0.4) is 0 Å². The molecule has 0 spiro atoms. The van der Waals surface area contributed by atoms with Crippen LogP contribution in [0.4, 0.5) is 5.69 Å². The number of aryl methyl sites for hydroxylation is 1. The predicted octanol–water partition coefficient (Wildman–Crippen LogP) is 4.81. The Kier molecular flexibility index (Phi) is 5.46. The Labute approximate surface area is 138 Å². The van der Waals surface area contributed by atoms with Crippen molar-refractivity contribution in [1.29, 1.82) is 0 Å². The van der Waals surface area contributed by atoms with E-state index in [-0.39, 0.29) is 5.25 Å². The maximum atomic E-state index is 13.1. The number of carbonyl (C=O) groups is 1. The van der Waals surface area contributed by atoms with Gasteiger partial charge in [-0.3, -0.25) is 4.79 Å². The summed E-state index contributed by atoms with van der Waals surface area (Å²) in [6.07, 6.45) is 9.79. The number of anilines is 1. The topological polar surface area (TPSA) is 20.3 Å². The second-order valence-electron chi connectivity index (χ2n) is 6.52. The van der Waals surface area contributed by atoms with Gasteiger partial charge in [0.25, 0.3) is 0 Å². The number of fused-ring (bicyclic) bond motifs is 1. The summed E-state index contributed by atoms with van der Waals surface area (Å²) in [6.45, 7) is 3.05. The third-order valence-electron chi connectivity index (χ3n) is 4.93. The van der Waals surface area contributed by atoms with E-state index in [2.05, 4.69) is 36.1 Å². The summed E-state index contributed by atoms with van der Waals surface area (Å²) < 4.78 is 0. The largest absolute Gasteiger partial charge is 0.311 e. The van der Waals surface area contributed by atoms with E-state index in [0.29, 0.717) is 11.2 Å². The quantitative estimate of drug-likeness (QED) is 0.794. The second kappa shape index (κ2) is 7.54. The van der Waals surface area contributed by atoms with Crippen molar-refractivity contribution in [3.8, 4) is 0 Å². The number of amides is 1. The molecule has 1 saturated carbocycles. The molecule has 0 radical (unpaired) electrons. The van der Waals surface area contributed by atoms with E-state index < -0.39 is 0 Å². The van der Waals surface area contributed by atoms with Gasteiger partial charge in [-0.25, -0.2) is 0 Å². The maximum absolute atomic E-state index is 13.1. The second-order valence-corrected chi connectivity index (χ2v) is 8.02. The third-order valence-corrected chi connectivity index (χ3v) is 6.65. The first-order valence-corrected chi connectivity index (χ1v) is 9.78. The average molecular weight is 317 g/mol. The van der Waals surface area contributed by atoms with E-state index in [0.717, 1.165) is 31.5 Å². The van der Waals surface area contributed by atoms with Gasteiger partial charge in [0.2, 0.25) is 5.91 Å². The first-order chi connectivity index (χ1) is 10.8. The van der Waals surface area contributed by atoms with Crippen LogP contribution in [0.25, 0.3) is 0 Å². The van der Waals surface area contributed by atoms with Gasteiger partial charge in [0.15, 0.2) is 0 Å². The van der Waals surface area contributed by atoms with Crippen LogP contribution in [0, 0.1) is 0 Å². The van der Waals surface area contributed by atoms with Crippen LogP contribution < -0.4 is 4.90 Å². The van der Waals surface area contributed by atoms with Crippen LogP contribution in [0.15, 0.2) is 24.3 Å². The normalized spacial score (nSPS) is 20.5. The van der Waals surface area contributed by atoms with Crippen LogP contribution in [-0.4, -0.2) is 23.0 Å². The number of hydrogen-bond donors (Lipinski definition) is 0. The summed E-state index contributed by atoms with van der Waals surface area (Å²) in [5.74, 6) is 0.338. The fourth-order valence-corrected chi connectivity index (χ4v) is 5.21. The van der Waals surface area contributed by atoms with Gasteiger partial charge in [0.05, 0.1) is 5.25 Å². The number of carbonyl (C=O) groups excluding carboxylic acids is 1. The lowest BCUT2D eigenvalue weighted by molar-refractivity contribution is -0.118. The van der Waals surface area contributed by atoms with Gasteiger partial charge in [-0.2, -0.15) is 0 Å². The fraction of sp³-hybridized carbons (Fsp3) is 0.632. The highest BCUT2D eigenvalue weighted by molar-refractivity contribution is 8.01. The van der Waals surface area contributed by atoms with Gasteiger partial charge in [-0.15, -0.1) is 11.8 Å². The molecule has 0 saturated heterocycles. The molecule has 2 nitrogen and oxygen atoms in total. The minimum atomic E-state index is 0.134. The molecule has 0 N–H and O–H groups in total. The van der Waals surface area contributed by atoms with Crippen LogP contribution in [0.1, 0.15) is 57.4 Å². The molecule has 22 heavy (non-hydrogen) atoms. The molecule has 0 bridgehead atoms. The zero-order chi connectivity index (χ0) is 15.4. The van der Waals surface area contributed by atoms with Crippen molar-refractivity contribution in [2.45, 2.75) is 68.8 Å². The molecular formula is C19H27NOS. The average Bonchev–Trinajstić information content (AvgIpc) is 2.59. The van der Waals surface area contributed by atoms with E-state index in [1.165, 1.54) is 37.7 Å². The van der Waals surface area contributed by atoms with Gasteiger partial charge < -0.3 is 4.90 Å². The van der Waals surface area contributed by atoms with Crippen molar-refractivity contribution < 1.29 is 4.79 Å². The van der Waals surface area contributed by atoms with Crippen molar-refractivity contribution >= 4 is 23.4 Å². The van der Waals surface area contributed by atoms with E-state index >= 15 is 0 Å². The van der Waals surface area contributed by atoms with Gasteiger partial charge in [-0.1, -0.05) is 44.4 Å². The molecule has 1 aliphatic carbocycles. The van der Waals surface area contributed by atoms with Gasteiger partial charge >= 0.3 is 0 Å². The zero-order valence-corrected chi connectivity index (χ0v) is 14.4. The lowest BCUT2D eigenvalue weighted by atomic mass is 10.0. The highest BCUT2D eigenvalue weighted by Crippen LogP contribution is 2.35. The lowest BCUT2D eigenvalue weighted by Crippen LogP contribution is -2.41. The number of para-hydroxylation sites is 1.